The Morgan fingerprint density at radius 3 is 1.76 bits per heavy atom. The predicted molar refractivity (Wildman–Crippen MR) is 64.7 cm³/mol. The molecule has 0 aliphatic heterocycles. The molecule has 0 aliphatic rings. The summed E-state index contributed by atoms with van der Waals surface area (Å²) in [5, 5.41) is 0. The van der Waals surface area contributed by atoms with E-state index in [1.807, 2.05) is 0 Å². The van der Waals surface area contributed by atoms with Crippen LogP contribution >= 0.6 is 0 Å². The van der Waals surface area contributed by atoms with Gasteiger partial charge in [-0.1, -0.05) is 11.8 Å². The maximum atomic E-state index is 10.3. The number of terminal acetylenes is 2. The molecule has 0 rings (SSSR count). The van der Waals surface area contributed by atoms with Crippen LogP contribution in [0.5, 0.6) is 0 Å². The van der Waals surface area contributed by atoms with Crippen LogP contribution in [0.3, 0.4) is 0 Å². The van der Waals surface area contributed by atoms with E-state index >= 15 is 0 Å². The van der Waals surface area contributed by atoms with Crippen molar-refractivity contribution in [2.24, 2.45) is 0 Å². The van der Waals surface area contributed by atoms with Gasteiger partial charge in [-0.15, -0.1) is 12.8 Å². The minimum absolute atomic E-state index is 0.338. The Morgan fingerprint density at radius 2 is 1.65 bits per heavy atom. The number of hydrogen-bond donors (Lipinski definition) is 0. The normalized spacial score (nSPS) is 10.8. The molecule has 4 nitrogen and oxygen atoms in total. The third-order valence-electron chi connectivity index (χ3n) is 1.32. The fourth-order valence-electron chi connectivity index (χ4n) is 0.672. The third kappa shape index (κ3) is 14.1. The number of ether oxygens (including phenoxy) is 2. The molecular formula is C13H18O4. The fraction of sp³-hybridized carbons (Fsp3) is 0.538. The maximum Gasteiger partial charge on any atom is 0.304 e. The highest BCUT2D eigenvalue weighted by atomic mass is 16.6. The van der Waals surface area contributed by atoms with Crippen molar-refractivity contribution >= 4 is 11.9 Å². The van der Waals surface area contributed by atoms with Crippen molar-refractivity contribution in [3.05, 3.63) is 0 Å². The van der Waals surface area contributed by atoms with Gasteiger partial charge in [0.2, 0.25) is 0 Å². The molecule has 0 heterocycles. The Bertz CT molecular complexity index is 341. The number of carbonyl (C=O) groups excluding carboxylic acids is 2. The predicted octanol–water partition coefficient (Wildman–Crippen LogP) is 1.53. The first-order valence-corrected chi connectivity index (χ1v) is 4.95. The number of carbonyl (C=O) groups is 2. The Kier molecular flexibility index (Phi) is 8.46. The van der Waals surface area contributed by atoms with E-state index in [4.69, 9.17) is 17.6 Å². The average molecular weight is 238 g/mol. The van der Waals surface area contributed by atoms with E-state index in [-0.39, 0.29) is 11.9 Å². The molecule has 1 unspecified atom stereocenters. The molecule has 0 spiro atoms. The zero-order chi connectivity index (χ0) is 14.1. The maximum absolute atomic E-state index is 10.3. The first kappa shape index (κ1) is 17.5. The molecule has 0 saturated heterocycles. The summed E-state index contributed by atoms with van der Waals surface area (Å²) in [6.45, 7) is 7.62. The van der Waals surface area contributed by atoms with Gasteiger partial charge in [0, 0.05) is 13.8 Å². The lowest BCUT2D eigenvalue weighted by Crippen LogP contribution is -2.24. The number of hydrogen-bond acceptors (Lipinski definition) is 4. The molecule has 1 atom stereocenters. The summed E-state index contributed by atoms with van der Waals surface area (Å²) in [4.78, 5) is 20.4. The van der Waals surface area contributed by atoms with Gasteiger partial charge >= 0.3 is 11.9 Å². The molecule has 0 bridgehead atoms. The lowest BCUT2D eigenvalue weighted by Gasteiger charge is -2.16. The summed E-state index contributed by atoms with van der Waals surface area (Å²) in [5.74, 6) is 3.90. The summed E-state index contributed by atoms with van der Waals surface area (Å²) < 4.78 is 9.24. The quantitative estimate of drug-likeness (QED) is 0.541. The molecule has 0 aliphatic carbocycles. The zero-order valence-electron chi connectivity index (χ0n) is 10.9. The van der Waals surface area contributed by atoms with Gasteiger partial charge in [0.1, 0.15) is 0 Å². The molecule has 0 N–H and O–H groups in total. The molecule has 0 aromatic carbocycles. The summed E-state index contributed by atoms with van der Waals surface area (Å²) in [7, 11) is 0. The van der Waals surface area contributed by atoms with Crippen molar-refractivity contribution in [1.29, 1.82) is 0 Å². The minimum atomic E-state index is -0.758. The van der Waals surface area contributed by atoms with Gasteiger partial charge in [-0.25, -0.2) is 0 Å². The van der Waals surface area contributed by atoms with Crippen molar-refractivity contribution < 1.29 is 19.1 Å². The van der Waals surface area contributed by atoms with E-state index in [0.717, 1.165) is 0 Å². The first-order chi connectivity index (χ1) is 7.64. The van der Waals surface area contributed by atoms with Gasteiger partial charge in [0.25, 0.3) is 0 Å². The van der Waals surface area contributed by atoms with Gasteiger partial charge in [-0.05, 0) is 20.8 Å². The molecule has 0 aromatic rings. The van der Waals surface area contributed by atoms with Crippen LogP contribution in [0.15, 0.2) is 0 Å². The molecule has 0 amide bonds. The Labute approximate surface area is 103 Å². The molecule has 94 valence electrons. The average Bonchev–Trinajstić information content (AvgIpc) is 2.16. The van der Waals surface area contributed by atoms with Crippen LogP contribution in [0.4, 0.5) is 0 Å². The van der Waals surface area contributed by atoms with E-state index < -0.39 is 11.7 Å². The Hall–Kier alpha value is -1.94. The zero-order valence-corrected chi connectivity index (χ0v) is 10.9. The second-order valence-corrected chi connectivity index (χ2v) is 3.67. The fourth-order valence-corrected chi connectivity index (χ4v) is 0.672. The van der Waals surface area contributed by atoms with Crippen LogP contribution in [-0.2, 0) is 19.1 Å². The molecule has 17 heavy (non-hydrogen) atoms. The SMILES string of the molecule is C#CC(C)(C)OC(C)=O.C#CC(C)OC(C)=O. The van der Waals surface area contributed by atoms with Crippen molar-refractivity contribution in [3.8, 4) is 24.7 Å². The van der Waals surface area contributed by atoms with Crippen molar-refractivity contribution in [1.82, 2.24) is 0 Å². The van der Waals surface area contributed by atoms with E-state index in [0.29, 0.717) is 0 Å². The molecule has 0 aromatic heterocycles. The molecule has 0 fully saturated rings. The summed E-state index contributed by atoms with van der Waals surface area (Å²) in [5.41, 5.74) is -0.758. The number of esters is 2. The van der Waals surface area contributed by atoms with Crippen LogP contribution in [-0.4, -0.2) is 23.6 Å². The smallest absolute Gasteiger partial charge is 0.304 e. The summed E-state index contributed by atoms with van der Waals surface area (Å²) >= 11 is 0. The van der Waals surface area contributed by atoms with Crippen molar-refractivity contribution in [3.63, 3.8) is 0 Å². The standard InChI is InChI=1S/C7H10O2.C6H8O2/c1-5-7(3,4)9-6(2)8;1-4-5(2)8-6(3)7/h1H,2-4H3;1,5H,2-3H3. The highest BCUT2D eigenvalue weighted by molar-refractivity contribution is 5.67. The van der Waals surface area contributed by atoms with Crippen LogP contribution in [0.2, 0.25) is 0 Å². The van der Waals surface area contributed by atoms with Gasteiger partial charge in [0.15, 0.2) is 11.7 Å². The largest absolute Gasteiger partial charge is 0.450 e. The molecule has 0 saturated carbocycles. The Morgan fingerprint density at radius 1 is 1.18 bits per heavy atom. The van der Waals surface area contributed by atoms with E-state index in [9.17, 15) is 9.59 Å². The van der Waals surface area contributed by atoms with Crippen molar-refractivity contribution in [2.45, 2.75) is 46.3 Å². The van der Waals surface area contributed by atoms with Gasteiger partial charge in [-0.2, -0.15) is 0 Å². The van der Waals surface area contributed by atoms with E-state index in [1.54, 1.807) is 20.8 Å². The van der Waals surface area contributed by atoms with E-state index in [2.05, 4.69) is 16.6 Å². The van der Waals surface area contributed by atoms with Crippen LogP contribution < -0.4 is 0 Å². The van der Waals surface area contributed by atoms with E-state index in [1.165, 1.54) is 13.8 Å². The topological polar surface area (TPSA) is 52.6 Å². The highest BCUT2D eigenvalue weighted by Crippen LogP contribution is 2.05. The Balaban J connectivity index is 0. The first-order valence-electron chi connectivity index (χ1n) is 4.95. The van der Waals surface area contributed by atoms with Crippen LogP contribution in [0.1, 0.15) is 34.6 Å². The van der Waals surface area contributed by atoms with Crippen LogP contribution in [0, 0.1) is 24.7 Å². The number of rotatable bonds is 2. The summed E-state index contributed by atoms with van der Waals surface area (Å²) in [6, 6.07) is 0. The highest BCUT2D eigenvalue weighted by Gasteiger charge is 2.15. The second kappa shape index (κ2) is 8.24. The lowest BCUT2D eigenvalue weighted by atomic mass is 10.1. The third-order valence-corrected chi connectivity index (χ3v) is 1.32. The molecule has 0 radical (unpaired) electrons. The minimum Gasteiger partial charge on any atom is -0.450 e. The molecular weight excluding hydrogens is 220 g/mol. The lowest BCUT2D eigenvalue weighted by molar-refractivity contribution is -0.149. The summed E-state index contributed by atoms with van der Waals surface area (Å²) in [6.07, 6.45) is 9.52. The van der Waals surface area contributed by atoms with Crippen molar-refractivity contribution in [2.75, 3.05) is 0 Å². The second-order valence-electron chi connectivity index (χ2n) is 3.67. The monoisotopic (exact) mass is 238 g/mol. The van der Waals surface area contributed by atoms with Gasteiger partial charge in [-0.3, -0.25) is 9.59 Å². The van der Waals surface area contributed by atoms with Crippen LogP contribution in [0.25, 0.3) is 0 Å². The van der Waals surface area contributed by atoms with Gasteiger partial charge in [0.05, 0.1) is 0 Å². The molecule has 4 heteroatoms. The van der Waals surface area contributed by atoms with Gasteiger partial charge < -0.3 is 9.47 Å².